The molecule has 5 nitrogen and oxygen atoms in total. The van der Waals surface area contributed by atoms with E-state index < -0.39 is 12.0 Å². The van der Waals surface area contributed by atoms with Gasteiger partial charge in [-0.1, -0.05) is 37.8 Å². The van der Waals surface area contributed by atoms with Crippen LogP contribution in [0.25, 0.3) is 6.08 Å². The lowest BCUT2D eigenvalue weighted by atomic mass is 10.0. The van der Waals surface area contributed by atoms with Gasteiger partial charge in [-0.25, -0.2) is 4.79 Å². The van der Waals surface area contributed by atoms with Crippen LogP contribution in [0.4, 0.5) is 0 Å². The monoisotopic (exact) mass is 325 g/mol. The normalized spacial score (nSPS) is 18.9. The second-order valence-corrected chi connectivity index (χ2v) is 6.70. The molecule has 21 heavy (non-hydrogen) atoms. The minimum Gasteiger partial charge on any atom is -0.480 e. The van der Waals surface area contributed by atoms with Crippen molar-refractivity contribution in [2.75, 3.05) is 0 Å². The molecule has 1 aromatic heterocycles. The molecule has 0 aliphatic carbocycles. The van der Waals surface area contributed by atoms with E-state index in [-0.39, 0.29) is 16.1 Å². The van der Waals surface area contributed by atoms with Gasteiger partial charge in [0.2, 0.25) is 0 Å². The topological polar surface area (TPSA) is 70.8 Å². The van der Waals surface area contributed by atoms with E-state index in [1.807, 2.05) is 6.92 Å². The zero-order valence-corrected chi connectivity index (χ0v) is 13.5. The number of carboxylic acid groups (broad SMARTS) is 1. The van der Waals surface area contributed by atoms with Gasteiger partial charge in [0.15, 0.2) is 0 Å². The minimum absolute atomic E-state index is 0.241. The lowest BCUT2D eigenvalue weighted by Gasteiger charge is -2.26. The van der Waals surface area contributed by atoms with Crippen LogP contribution < -0.4 is 0 Å². The molecule has 0 unspecified atom stereocenters. The second-order valence-electron chi connectivity index (χ2n) is 5.03. The summed E-state index contributed by atoms with van der Waals surface area (Å²) in [7, 11) is 0. The van der Waals surface area contributed by atoms with E-state index in [1.165, 1.54) is 4.90 Å². The van der Waals surface area contributed by atoms with E-state index in [9.17, 15) is 14.7 Å². The Kier molecular flexibility index (Phi) is 4.53. The molecular formula is C14H15NO4S2. The van der Waals surface area contributed by atoms with Crippen LogP contribution in [0.2, 0.25) is 0 Å². The highest BCUT2D eigenvalue weighted by atomic mass is 32.2. The average Bonchev–Trinajstić information content (AvgIpc) is 2.88. The molecule has 1 N–H and O–H groups in total. The van der Waals surface area contributed by atoms with Crippen LogP contribution in [0, 0.1) is 12.8 Å². The van der Waals surface area contributed by atoms with E-state index in [0.29, 0.717) is 10.7 Å². The molecule has 2 rings (SSSR count). The maximum Gasteiger partial charge on any atom is 0.327 e. The van der Waals surface area contributed by atoms with E-state index >= 15 is 0 Å². The molecule has 2 heterocycles. The van der Waals surface area contributed by atoms with Crippen LogP contribution >= 0.6 is 24.0 Å². The first-order valence-corrected chi connectivity index (χ1v) is 7.60. The van der Waals surface area contributed by atoms with Crippen LogP contribution in [0.3, 0.4) is 0 Å². The summed E-state index contributed by atoms with van der Waals surface area (Å²) in [6, 6.07) is 2.58. The average molecular weight is 325 g/mol. The first kappa shape index (κ1) is 15.8. The van der Waals surface area contributed by atoms with E-state index in [0.717, 1.165) is 17.5 Å². The summed E-state index contributed by atoms with van der Waals surface area (Å²) in [6.07, 6.45) is 1.59. The van der Waals surface area contributed by atoms with Gasteiger partial charge in [-0.3, -0.25) is 9.69 Å². The number of carbonyl (C=O) groups is 2. The van der Waals surface area contributed by atoms with Crippen molar-refractivity contribution in [2.24, 2.45) is 5.92 Å². The zero-order chi connectivity index (χ0) is 15.7. The number of carboxylic acids is 1. The number of furan rings is 1. The SMILES string of the molecule is Cc1ccc(/C=C2\SC(=S)N([C@@H](C(=O)O)C(C)C)C2=O)o1. The van der Waals surface area contributed by atoms with Gasteiger partial charge in [-0.05, 0) is 25.0 Å². The molecule has 1 aliphatic rings. The molecule has 0 spiro atoms. The number of carbonyl (C=O) groups excluding carboxylic acids is 1. The molecule has 7 heteroatoms. The van der Waals surface area contributed by atoms with E-state index in [2.05, 4.69) is 0 Å². The number of nitrogens with zero attached hydrogens (tertiary/aromatic N) is 1. The molecule has 1 fully saturated rings. The maximum atomic E-state index is 12.4. The minimum atomic E-state index is -1.06. The summed E-state index contributed by atoms with van der Waals surface area (Å²) in [5, 5.41) is 9.32. The Morgan fingerprint density at radius 1 is 1.48 bits per heavy atom. The number of thiocarbonyl (C=S) groups is 1. The highest BCUT2D eigenvalue weighted by molar-refractivity contribution is 8.26. The van der Waals surface area contributed by atoms with Gasteiger partial charge >= 0.3 is 5.97 Å². The first-order chi connectivity index (χ1) is 9.81. The Hall–Kier alpha value is -1.60. The first-order valence-electron chi connectivity index (χ1n) is 6.37. The number of hydrogen-bond donors (Lipinski definition) is 1. The molecular weight excluding hydrogens is 310 g/mol. The molecule has 1 aromatic rings. The lowest BCUT2D eigenvalue weighted by Crippen LogP contribution is -2.47. The number of aryl methyl sites for hydroxylation is 1. The zero-order valence-electron chi connectivity index (χ0n) is 11.8. The smallest absolute Gasteiger partial charge is 0.327 e. The number of aliphatic carboxylic acids is 1. The quantitative estimate of drug-likeness (QED) is 0.678. The van der Waals surface area contributed by atoms with Crippen molar-refractivity contribution >= 4 is 46.3 Å². The van der Waals surface area contributed by atoms with Crippen molar-refractivity contribution in [1.29, 1.82) is 0 Å². The van der Waals surface area contributed by atoms with Gasteiger partial charge < -0.3 is 9.52 Å². The van der Waals surface area contributed by atoms with Gasteiger partial charge in [-0.2, -0.15) is 0 Å². The summed E-state index contributed by atoms with van der Waals surface area (Å²) in [5.74, 6) is -0.404. The molecule has 1 aliphatic heterocycles. The second kappa shape index (κ2) is 6.03. The Morgan fingerprint density at radius 2 is 2.14 bits per heavy atom. The van der Waals surface area contributed by atoms with Crippen molar-refractivity contribution in [3.8, 4) is 0 Å². The number of rotatable bonds is 4. The van der Waals surface area contributed by atoms with Crippen molar-refractivity contribution in [1.82, 2.24) is 4.90 Å². The fraction of sp³-hybridized carbons (Fsp3) is 0.357. The highest BCUT2D eigenvalue weighted by Crippen LogP contribution is 2.35. The van der Waals surface area contributed by atoms with Crippen molar-refractivity contribution in [3.63, 3.8) is 0 Å². The maximum absolute atomic E-state index is 12.4. The van der Waals surface area contributed by atoms with Gasteiger partial charge in [0.05, 0.1) is 4.91 Å². The highest BCUT2D eigenvalue weighted by Gasteiger charge is 2.41. The molecule has 0 bridgehead atoms. The van der Waals surface area contributed by atoms with Crippen LogP contribution in [-0.2, 0) is 9.59 Å². The molecule has 0 saturated carbocycles. The Balaban J connectivity index is 2.32. The van der Waals surface area contributed by atoms with Crippen LogP contribution in [0.5, 0.6) is 0 Å². The summed E-state index contributed by atoms with van der Waals surface area (Å²) in [5.41, 5.74) is 0. The van der Waals surface area contributed by atoms with Crippen molar-refractivity contribution < 1.29 is 19.1 Å². The van der Waals surface area contributed by atoms with Gasteiger partial charge in [-0.15, -0.1) is 0 Å². The van der Waals surface area contributed by atoms with Gasteiger partial charge in [0.25, 0.3) is 5.91 Å². The Morgan fingerprint density at radius 3 is 2.62 bits per heavy atom. The van der Waals surface area contributed by atoms with Crippen molar-refractivity contribution in [3.05, 3.63) is 28.6 Å². The van der Waals surface area contributed by atoms with Crippen LogP contribution in [-0.4, -0.2) is 32.2 Å². The molecule has 1 saturated heterocycles. The summed E-state index contributed by atoms with van der Waals surface area (Å²) in [6.45, 7) is 5.30. The number of hydrogen-bond acceptors (Lipinski definition) is 5. The Bertz CT molecular complexity index is 633. The molecule has 1 atom stereocenters. The van der Waals surface area contributed by atoms with E-state index in [1.54, 1.807) is 32.1 Å². The predicted octanol–water partition coefficient (Wildman–Crippen LogP) is 2.90. The third kappa shape index (κ3) is 3.19. The number of thioether (sulfide) groups is 1. The van der Waals surface area contributed by atoms with Crippen LogP contribution in [0.1, 0.15) is 25.4 Å². The van der Waals surface area contributed by atoms with Gasteiger partial charge in [0, 0.05) is 6.08 Å². The van der Waals surface area contributed by atoms with E-state index in [4.69, 9.17) is 16.6 Å². The summed E-state index contributed by atoms with van der Waals surface area (Å²) < 4.78 is 5.66. The predicted molar refractivity (Wildman–Crippen MR) is 84.7 cm³/mol. The van der Waals surface area contributed by atoms with Crippen LogP contribution in [0.15, 0.2) is 21.5 Å². The van der Waals surface area contributed by atoms with Gasteiger partial charge in [0.1, 0.15) is 21.9 Å². The fourth-order valence-corrected chi connectivity index (χ4v) is 3.38. The summed E-state index contributed by atoms with van der Waals surface area (Å²) >= 11 is 6.26. The number of amides is 1. The molecule has 1 amide bonds. The lowest BCUT2D eigenvalue weighted by molar-refractivity contribution is -0.146. The molecule has 112 valence electrons. The molecule has 0 aromatic carbocycles. The largest absolute Gasteiger partial charge is 0.480 e. The summed E-state index contributed by atoms with van der Waals surface area (Å²) in [4.78, 5) is 25.4. The standard InChI is InChI=1S/C14H15NO4S2/c1-7(2)11(13(17)18)15-12(16)10(21-14(15)20)6-9-5-4-8(3)19-9/h4-7,11H,1-3H3,(H,17,18)/b10-6-/t11-/m1/s1. The van der Waals surface area contributed by atoms with Crippen molar-refractivity contribution in [2.45, 2.75) is 26.8 Å². The third-order valence-electron chi connectivity index (χ3n) is 3.02. The fourth-order valence-electron chi connectivity index (χ4n) is 2.07. The Labute approximate surface area is 132 Å². The molecule has 0 radical (unpaired) electrons. The third-order valence-corrected chi connectivity index (χ3v) is 4.35.